The summed E-state index contributed by atoms with van der Waals surface area (Å²) in [6.07, 6.45) is 1.34. The van der Waals surface area contributed by atoms with E-state index < -0.39 is 6.10 Å². The van der Waals surface area contributed by atoms with Gasteiger partial charge < -0.3 is 15.4 Å². The Labute approximate surface area is 108 Å². The van der Waals surface area contributed by atoms with Crippen molar-refractivity contribution in [2.24, 2.45) is 0 Å². The molecule has 104 valence electrons. The normalized spacial score (nSPS) is 19.3. The molecule has 0 spiro atoms. The lowest BCUT2D eigenvalue weighted by molar-refractivity contribution is -0.131. The number of piperidine rings is 1. The van der Waals surface area contributed by atoms with Crippen LogP contribution in [0, 0.1) is 0 Å². The average Bonchev–Trinajstić information content (AvgIpc) is 2.39. The lowest BCUT2D eigenvalue weighted by atomic mass is 10.0. The highest BCUT2D eigenvalue weighted by atomic mass is 16.5. The van der Waals surface area contributed by atoms with E-state index in [-0.39, 0.29) is 17.9 Å². The third kappa shape index (κ3) is 4.62. The van der Waals surface area contributed by atoms with Gasteiger partial charge in [-0.2, -0.15) is 0 Å². The van der Waals surface area contributed by atoms with Crippen LogP contribution in [0.5, 0.6) is 0 Å². The number of rotatable bonds is 5. The van der Waals surface area contributed by atoms with Crippen molar-refractivity contribution in [2.45, 2.75) is 31.9 Å². The number of carbonyl (C=O) groups excluding carboxylic acids is 2. The van der Waals surface area contributed by atoms with Crippen molar-refractivity contribution >= 4 is 11.8 Å². The molecule has 0 aromatic rings. The van der Waals surface area contributed by atoms with Crippen LogP contribution in [0.3, 0.4) is 0 Å². The molecule has 2 amide bonds. The molecule has 1 fully saturated rings. The lowest BCUT2D eigenvalue weighted by Gasteiger charge is -2.32. The topological polar surface area (TPSA) is 70.7 Å². The number of nitrogens with zero attached hydrogens (tertiary/aromatic N) is 1. The van der Waals surface area contributed by atoms with Gasteiger partial charge in [-0.1, -0.05) is 0 Å². The molecule has 1 aliphatic heterocycles. The van der Waals surface area contributed by atoms with Crippen LogP contribution in [0.4, 0.5) is 0 Å². The van der Waals surface area contributed by atoms with Gasteiger partial charge in [0, 0.05) is 33.3 Å². The van der Waals surface area contributed by atoms with Gasteiger partial charge in [-0.25, -0.2) is 0 Å². The fraction of sp³-hybridized carbons (Fsp3) is 0.833. The van der Waals surface area contributed by atoms with E-state index >= 15 is 0 Å². The molecule has 18 heavy (non-hydrogen) atoms. The molecule has 1 heterocycles. The highest BCUT2D eigenvalue weighted by Crippen LogP contribution is 2.10. The van der Waals surface area contributed by atoms with E-state index in [1.807, 2.05) is 0 Å². The minimum absolute atomic E-state index is 0.0329. The molecule has 0 saturated carbocycles. The van der Waals surface area contributed by atoms with E-state index in [4.69, 9.17) is 4.74 Å². The van der Waals surface area contributed by atoms with Crippen LogP contribution in [0.15, 0.2) is 0 Å². The maximum Gasteiger partial charge on any atom is 0.249 e. The number of likely N-dealkylation sites (N-methyl/N-ethyl adjacent to an activating group) is 1. The van der Waals surface area contributed by atoms with Crippen LogP contribution in [-0.4, -0.2) is 62.7 Å². The Balaban J connectivity index is 2.27. The summed E-state index contributed by atoms with van der Waals surface area (Å²) < 4.78 is 4.97. The van der Waals surface area contributed by atoms with Gasteiger partial charge in [0.25, 0.3) is 0 Å². The van der Waals surface area contributed by atoms with Crippen molar-refractivity contribution in [3.8, 4) is 0 Å². The van der Waals surface area contributed by atoms with Gasteiger partial charge in [0.1, 0.15) is 6.10 Å². The quantitative estimate of drug-likeness (QED) is 0.686. The molecule has 0 bridgehead atoms. The Hall–Kier alpha value is -1.14. The van der Waals surface area contributed by atoms with Crippen LogP contribution in [0.25, 0.3) is 0 Å². The Kier molecular flexibility index (Phi) is 6.07. The highest BCUT2D eigenvalue weighted by Gasteiger charge is 2.23. The summed E-state index contributed by atoms with van der Waals surface area (Å²) in [5, 5.41) is 5.58. The second kappa shape index (κ2) is 7.33. The molecule has 0 aromatic carbocycles. The zero-order valence-corrected chi connectivity index (χ0v) is 11.4. The summed E-state index contributed by atoms with van der Waals surface area (Å²) in [6, 6.07) is 0.191. The van der Waals surface area contributed by atoms with E-state index in [1.165, 1.54) is 7.11 Å². The van der Waals surface area contributed by atoms with Crippen LogP contribution >= 0.6 is 0 Å². The van der Waals surface area contributed by atoms with Crippen LogP contribution in [0.1, 0.15) is 19.8 Å². The molecule has 2 N–H and O–H groups in total. The lowest BCUT2D eigenvalue weighted by Crippen LogP contribution is -2.48. The summed E-state index contributed by atoms with van der Waals surface area (Å²) in [5.74, 6) is -0.0345. The highest BCUT2D eigenvalue weighted by molar-refractivity contribution is 5.80. The maximum atomic E-state index is 11.6. The van der Waals surface area contributed by atoms with Gasteiger partial charge in [0.05, 0.1) is 6.54 Å². The summed E-state index contributed by atoms with van der Waals surface area (Å²) in [7, 11) is 3.16. The number of hydrogen-bond donors (Lipinski definition) is 2. The number of ether oxygens (including phenoxy) is 1. The smallest absolute Gasteiger partial charge is 0.249 e. The van der Waals surface area contributed by atoms with E-state index in [1.54, 1.807) is 14.0 Å². The third-order valence-corrected chi connectivity index (χ3v) is 3.30. The van der Waals surface area contributed by atoms with E-state index in [0.717, 1.165) is 25.9 Å². The molecule has 1 saturated heterocycles. The number of hydrogen-bond acceptors (Lipinski definition) is 4. The van der Waals surface area contributed by atoms with E-state index in [0.29, 0.717) is 6.54 Å². The molecule has 6 nitrogen and oxygen atoms in total. The van der Waals surface area contributed by atoms with Gasteiger partial charge in [-0.3, -0.25) is 14.5 Å². The number of methoxy groups -OCH3 is 1. The second-order valence-corrected chi connectivity index (χ2v) is 4.61. The number of carbonyl (C=O) groups is 2. The molecular weight excluding hydrogens is 234 g/mol. The first kappa shape index (κ1) is 14.9. The number of likely N-dealkylation sites (tertiary alicyclic amines) is 1. The van der Waals surface area contributed by atoms with E-state index in [9.17, 15) is 9.59 Å². The standard InChI is InChI=1S/C12H23N3O3/c1-9(18-3)12(17)14-10-4-6-15(7-5-10)8-11(16)13-2/h9-10H,4-8H2,1-3H3,(H,13,16)(H,14,17). The predicted molar refractivity (Wildman–Crippen MR) is 68.1 cm³/mol. The van der Waals surface area contributed by atoms with Crippen LogP contribution in [0.2, 0.25) is 0 Å². The Morgan fingerprint density at radius 3 is 2.50 bits per heavy atom. The zero-order chi connectivity index (χ0) is 13.5. The van der Waals surface area contributed by atoms with Crippen LogP contribution in [-0.2, 0) is 14.3 Å². The molecule has 1 atom stereocenters. The largest absolute Gasteiger partial charge is 0.372 e. The molecule has 1 unspecified atom stereocenters. The van der Waals surface area contributed by atoms with Gasteiger partial charge in [-0.05, 0) is 19.8 Å². The number of nitrogens with one attached hydrogen (secondary N) is 2. The molecule has 0 aliphatic carbocycles. The maximum absolute atomic E-state index is 11.6. The van der Waals surface area contributed by atoms with Crippen molar-refractivity contribution in [3.05, 3.63) is 0 Å². The van der Waals surface area contributed by atoms with Gasteiger partial charge in [0.15, 0.2) is 0 Å². The first-order chi connectivity index (χ1) is 8.56. The molecular formula is C12H23N3O3. The zero-order valence-electron chi connectivity index (χ0n) is 11.4. The fourth-order valence-electron chi connectivity index (χ4n) is 1.94. The number of amides is 2. The Morgan fingerprint density at radius 2 is 2.00 bits per heavy atom. The Bertz CT molecular complexity index is 288. The fourth-order valence-corrected chi connectivity index (χ4v) is 1.94. The van der Waals surface area contributed by atoms with Crippen molar-refractivity contribution in [3.63, 3.8) is 0 Å². The average molecular weight is 257 g/mol. The molecule has 0 radical (unpaired) electrons. The van der Waals surface area contributed by atoms with Gasteiger partial charge >= 0.3 is 0 Å². The third-order valence-electron chi connectivity index (χ3n) is 3.30. The minimum Gasteiger partial charge on any atom is -0.372 e. The molecule has 1 rings (SSSR count). The molecule has 1 aliphatic rings. The summed E-state index contributed by atoms with van der Waals surface area (Å²) in [5.41, 5.74) is 0. The summed E-state index contributed by atoms with van der Waals surface area (Å²) >= 11 is 0. The second-order valence-electron chi connectivity index (χ2n) is 4.61. The van der Waals surface area contributed by atoms with Crippen molar-refractivity contribution in [1.29, 1.82) is 0 Å². The summed E-state index contributed by atoms with van der Waals surface area (Å²) in [6.45, 7) is 3.83. The van der Waals surface area contributed by atoms with Crippen LogP contribution < -0.4 is 10.6 Å². The van der Waals surface area contributed by atoms with E-state index in [2.05, 4.69) is 15.5 Å². The van der Waals surface area contributed by atoms with Crippen molar-refractivity contribution in [1.82, 2.24) is 15.5 Å². The monoisotopic (exact) mass is 257 g/mol. The first-order valence-electron chi connectivity index (χ1n) is 6.33. The SMILES string of the molecule is CNC(=O)CN1CCC(NC(=O)C(C)OC)CC1. The van der Waals surface area contributed by atoms with Crippen molar-refractivity contribution < 1.29 is 14.3 Å². The molecule has 6 heteroatoms. The minimum atomic E-state index is -0.408. The van der Waals surface area contributed by atoms with Gasteiger partial charge in [-0.15, -0.1) is 0 Å². The predicted octanol–water partition coefficient (Wildman–Crippen LogP) is -0.652. The Morgan fingerprint density at radius 1 is 1.39 bits per heavy atom. The first-order valence-corrected chi connectivity index (χ1v) is 6.33. The van der Waals surface area contributed by atoms with Gasteiger partial charge in [0.2, 0.25) is 11.8 Å². The molecule has 0 aromatic heterocycles. The van der Waals surface area contributed by atoms with Crippen molar-refractivity contribution in [2.75, 3.05) is 33.8 Å². The summed E-state index contributed by atoms with van der Waals surface area (Å²) in [4.78, 5) is 25.0.